The minimum absolute atomic E-state index is 0.174. The van der Waals surface area contributed by atoms with Crippen molar-refractivity contribution in [3.05, 3.63) is 51.8 Å². The van der Waals surface area contributed by atoms with Crippen molar-refractivity contribution in [2.24, 2.45) is 5.92 Å². The largest absolute Gasteiger partial charge is 0.509 e. The number of carbonyl (C=O) groups excluding carboxylic acids is 3. The molecule has 0 amide bonds. The molecule has 11 nitrogen and oxygen atoms in total. The van der Waals surface area contributed by atoms with Gasteiger partial charge in [-0.2, -0.15) is 0 Å². The third kappa shape index (κ3) is 4.20. The second-order valence-electron chi connectivity index (χ2n) is 8.46. The number of hydrogen-bond acceptors (Lipinski definition) is 11. The number of aromatic hydroxyl groups is 6. The lowest BCUT2D eigenvalue weighted by Gasteiger charge is -2.30. The summed E-state index contributed by atoms with van der Waals surface area (Å²) in [4.78, 5) is 36.9. The van der Waals surface area contributed by atoms with Crippen molar-refractivity contribution < 1.29 is 55.2 Å². The number of phenolic OH excluding ortho intramolecular Hbond substituents is 6. The number of benzene rings is 2. The first-order valence-electron chi connectivity index (χ1n) is 10.6. The van der Waals surface area contributed by atoms with E-state index in [0.29, 0.717) is 0 Å². The van der Waals surface area contributed by atoms with Gasteiger partial charge in [-0.25, -0.2) is 0 Å². The lowest BCUT2D eigenvalue weighted by Crippen LogP contribution is -2.30. The molecule has 0 aliphatic heterocycles. The van der Waals surface area contributed by atoms with Gasteiger partial charge >= 0.3 is 0 Å². The highest BCUT2D eigenvalue weighted by molar-refractivity contribution is 6.14. The molecule has 0 radical (unpaired) electrons. The van der Waals surface area contributed by atoms with Crippen molar-refractivity contribution in [3.8, 4) is 34.5 Å². The van der Waals surface area contributed by atoms with Crippen LogP contribution >= 0.6 is 0 Å². The number of phenols is 6. The van der Waals surface area contributed by atoms with E-state index in [1.165, 1.54) is 6.08 Å². The Balaban J connectivity index is 2.25. The fraction of sp³-hybridized carbons (Fsp3) is 0.240. The maximum Gasteiger partial charge on any atom is 0.200 e. The van der Waals surface area contributed by atoms with Gasteiger partial charge in [-0.05, 0) is 39.3 Å². The summed E-state index contributed by atoms with van der Waals surface area (Å²) in [7, 11) is 0. The number of Topliss-reactive ketones (excluding diaryl/α,β-unsaturated/α-hetero) is 3. The van der Waals surface area contributed by atoms with E-state index in [1.54, 1.807) is 0 Å². The molecule has 0 aromatic heterocycles. The summed E-state index contributed by atoms with van der Waals surface area (Å²) in [6, 6.07) is 1.76. The molecule has 0 saturated carbocycles. The zero-order chi connectivity index (χ0) is 27.2. The van der Waals surface area contributed by atoms with Crippen LogP contribution in [-0.2, 0) is 11.2 Å². The minimum atomic E-state index is -1.81. The van der Waals surface area contributed by atoms with Gasteiger partial charge in [-0.15, -0.1) is 0 Å². The minimum Gasteiger partial charge on any atom is -0.509 e. The second kappa shape index (κ2) is 9.27. The Morgan fingerprint density at radius 2 is 1.22 bits per heavy atom. The Hall–Kier alpha value is -4.51. The summed E-state index contributed by atoms with van der Waals surface area (Å²) >= 11 is 0. The Kier molecular flexibility index (Phi) is 6.72. The zero-order valence-electron chi connectivity index (χ0n) is 19.4. The quantitative estimate of drug-likeness (QED) is 0.213. The van der Waals surface area contributed by atoms with Gasteiger partial charge in [0.2, 0.25) is 11.5 Å². The monoisotopic (exact) mass is 500 g/mol. The predicted octanol–water partition coefficient (Wildman–Crippen LogP) is 2.34. The fourth-order valence-electron chi connectivity index (χ4n) is 4.22. The molecule has 8 N–H and O–H groups in total. The lowest BCUT2D eigenvalue weighted by atomic mass is 9.77. The van der Waals surface area contributed by atoms with Crippen LogP contribution < -0.4 is 0 Å². The van der Waals surface area contributed by atoms with Gasteiger partial charge in [0.05, 0.1) is 0 Å². The van der Waals surface area contributed by atoms with Gasteiger partial charge < -0.3 is 40.9 Å². The fourth-order valence-corrected chi connectivity index (χ4v) is 4.22. The van der Waals surface area contributed by atoms with E-state index < -0.39 is 87.2 Å². The van der Waals surface area contributed by atoms with Gasteiger partial charge in [0.1, 0.15) is 11.9 Å². The van der Waals surface area contributed by atoms with Gasteiger partial charge in [0, 0.05) is 39.3 Å². The van der Waals surface area contributed by atoms with Crippen molar-refractivity contribution in [2.75, 3.05) is 0 Å². The summed E-state index contributed by atoms with van der Waals surface area (Å²) in [5, 5.41) is 82.3. The topological polar surface area (TPSA) is 213 Å². The lowest BCUT2D eigenvalue weighted by molar-refractivity contribution is -0.113. The van der Waals surface area contributed by atoms with E-state index >= 15 is 0 Å². The van der Waals surface area contributed by atoms with Crippen molar-refractivity contribution in [2.45, 2.75) is 33.3 Å². The molecule has 1 aliphatic rings. The standard InChI is InChI=1S/C25H24O11/c1-8(26)12-6-16(29)22(33)21(32)15(12)5-11-4-13(9(2)27)18(24(35)20(11)31)19-14(10(3)28)7-17(30)23(34)25(19)36/h4,6-7,11,20,29-36H,5H2,1-3H3. The average Bonchev–Trinajstić information content (AvgIpc) is 2.80. The van der Waals surface area contributed by atoms with E-state index in [1.807, 2.05) is 0 Å². The Morgan fingerprint density at radius 1 is 0.722 bits per heavy atom. The summed E-state index contributed by atoms with van der Waals surface area (Å²) in [6.07, 6.45) is -1.02. The predicted molar refractivity (Wildman–Crippen MR) is 124 cm³/mol. The van der Waals surface area contributed by atoms with Crippen LogP contribution in [0.25, 0.3) is 5.57 Å². The Bertz CT molecular complexity index is 1380. The van der Waals surface area contributed by atoms with Gasteiger partial charge in [-0.3, -0.25) is 14.4 Å². The maximum absolute atomic E-state index is 12.6. The average molecular weight is 500 g/mol. The van der Waals surface area contributed by atoms with Crippen molar-refractivity contribution in [3.63, 3.8) is 0 Å². The van der Waals surface area contributed by atoms with E-state index in [4.69, 9.17) is 0 Å². The molecule has 2 aromatic rings. The molecule has 0 saturated heterocycles. The molecule has 0 fully saturated rings. The molecule has 190 valence electrons. The van der Waals surface area contributed by atoms with E-state index in [0.717, 1.165) is 32.9 Å². The summed E-state index contributed by atoms with van der Waals surface area (Å²) in [5.41, 5.74) is -1.95. The molecule has 1 aliphatic carbocycles. The summed E-state index contributed by atoms with van der Waals surface area (Å²) < 4.78 is 0. The summed E-state index contributed by atoms with van der Waals surface area (Å²) in [5.74, 6) is -9.38. The Labute approximate surface area is 204 Å². The van der Waals surface area contributed by atoms with Crippen LogP contribution in [0.4, 0.5) is 0 Å². The highest BCUT2D eigenvalue weighted by Gasteiger charge is 2.37. The molecule has 0 spiro atoms. The maximum atomic E-state index is 12.6. The van der Waals surface area contributed by atoms with Gasteiger partial charge in [-0.1, -0.05) is 6.08 Å². The van der Waals surface area contributed by atoms with Crippen molar-refractivity contribution in [1.29, 1.82) is 0 Å². The number of allylic oxidation sites excluding steroid dienone is 2. The number of ketones is 3. The number of rotatable bonds is 6. The van der Waals surface area contributed by atoms with E-state index in [-0.39, 0.29) is 22.3 Å². The molecule has 36 heavy (non-hydrogen) atoms. The number of aliphatic hydroxyl groups excluding tert-OH is 2. The molecule has 2 unspecified atom stereocenters. The first kappa shape index (κ1) is 26.1. The van der Waals surface area contributed by atoms with Crippen LogP contribution in [0, 0.1) is 5.92 Å². The zero-order valence-corrected chi connectivity index (χ0v) is 19.4. The van der Waals surface area contributed by atoms with Gasteiger partial charge in [0.15, 0.2) is 40.3 Å². The number of carbonyl (C=O) groups is 3. The van der Waals surface area contributed by atoms with Crippen LogP contribution in [0.3, 0.4) is 0 Å². The van der Waals surface area contributed by atoms with Crippen molar-refractivity contribution in [1.82, 2.24) is 0 Å². The molecule has 11 heteroatoms. The third-order valence-corrected chi connectivity index (χ3v) is 6.03. The molecule has 0 bridgehead atoms. The number of hydrogen-bond donors (Lipinski definition) is 8. The molecular weight excluding hydrogens is 476 g/mol. The highest BCUT2D eigenvalue weighted by Crippen LogP contribution is 2.48. The Morgan fingerprint density at radius 3 is 1.72 bits per heavy atom. The third-order valence-electron chi connectivity index (χ3n) is 6.03. The van der Waals surface area contributed by atoms with Crippen LogP contribution in [0.1, 0.15) is 52.6 Å². The molecular formula is C25H24O11. The normalized spacial score (nSPS) is 17.6. The first-order valence-corrected chi connectivity index (χ1v) is 10.6. The summed E-state index contributed by atoms with van der Waals surface area (Å²) in [6.45, 7) is 3.32. The smallest absolute Gasteiger partial charge is 0.200 e. The molecule has 3 rings (SSSR count). The van der Waals surface area contributed by atoms with Crippen LogP contribution in [-0.4, -0.2) is 64.3 Å². The molecule has 2 aromatic carbocycles. The molecule has 2 atom stereocenters. The van der Waals surface area contributed by atoms with Crippen LogP contribution in [0.5, 0.6) is 34.5 Å². The highest BCUT2D eigenvalue weighted by atomic mass is 16.3. The number of aliphatic hydroxyl groups is 2. The van der Waals surface area contributed by atoms with Crippen molar-refractivity contribution >= 4 is 22.9 Å². The van der Waals surface area contributed by atoms with Crippen LogP contribution in [0.15, 0.2) is 29.5 Å². The first-order chi connectivity index (χ1) is 16.7. The van der Waals surface area contributed by atoms with E-state index in [9.17, 15) is 55.2 Å². The SMILES string of the molecule is CC(=O)C1=CC(Cc2c(C(C)=O)cc(O)c(O)c2O)C(O)C(O)=C1c1c(C(C)=O)cc(O)c(O)c1O. The molecule has 0 heterocycles. The van der Waals surface area contributed by atoms with E-state index in [2.05, 4.69) is 0 Å². The van der Waals surface area contributed by atoms with Gasteiger partial charge in [0.25, 0.3) is 0 Å². The van der Waals surface area contributed by atoms with Crippen LogP contribution in [0.2, 0.25) is 0 Å². The second-order valence-corrected chi connectivity index (χ2v) is 8.46.